The molecule has 0 spiro atoms. The SMILES string of the molecule is COc1ccccc1CNC(=O)C[C@@H](NC(C)=O)c1cccs1. The van der Waals surface area contributed by atoms with Crippen LogP contribution in [0.3, 0.4) is 0 Å². The van der Waals surface area contributed by atoms with Gasteiger partial charge < -0.3 is 15.4 Å². The number of amides is 2. The molecule has 1 aromatic carbocycles. The monoisotopic (exact) mass is 332 g/mol. The van der Waals surface area contributed by atoms with Gasteiger partial charge in [0.25, 0.3) is 0 Å². The standard InChI is InChI=1S/C17H20N2O3S/c1-12(20)19-14(16-8-5-9-23-16)10-17(21)18-11-13-6-3-4-7-15(13)22-2/h3-9,14H,10-11H2,1-2H3,(H,18,21)(H,19,20)/t14-/m1/s1. The maximum Gasteiger partial charge on any atom is 0.222 e. The van der Waals surface area contributed by atoms with E-state index in [1.807, 2.05) is 41.8 Å². The van der Waals surface area contributed by atoms with Gasteiger partial charge in [0, 0.05) is 23.9 Å². The van der Waals surface area contributed by atoms with Crippen molar-refractivity contribution in [3.63, 3.8) is 0 Å². The van der Waals surface area contributed by atoms with Crippen molar-refractivity contribution < 1.29 is 14.3 Å². The van der Waals surface area contributed by atoms with Crippen LogP contribution in [0, 0.1) is 0 Å². The summed E-state index contributed by atoms with van der Waals surface area (Å²) in [5.41, 5.74) is 0.913. The predicted octanol–water partition coefficient (Wildman–Crippen LogP) is 2.64. The Morgan fingerprint density at radius 3 is 2.65 bits per heavy atom. The van der Waals surface area contributed by atoms with E-state index in [4.69, 9.17) is 4.74 Å². The van der Waals surface area contributed by atoms with Crippen LogP contribution in [0.1, 0.15) is 29.8 Å². The number of nitrogens with one attached hydrogen (secondary N) is 2. The molecule has 2 aromatic rings. The summed E-state index contributed by atoms with van der Waals surface area (Å²) in [6.45, 7) is 1.84. The van der Waals surface area contributed by atoms with Gasteiger partial charge in [-0.3, -0.25) is 9.59 Å². The first-order chi connectivity index (χ1) is 11.1. The van der Waals surface area contributed by atoms with Crippen molar-refractivity contribution in [2.24, 2.45) is 0 Å². The van der Waals surface area contributed by atoms with Crippen LogP contribution in [0.15, 0.2) is 41.8 Å². The van der Waals surface area contributed by atoms with Crippen molar-refractivity contribution in [1.82, 2.24) is 10.6 Å². The van der Waals surface area contributed by atoms with Crippen molar-refractivity contribution in [3.8, 4) is 5.75 Å². The maximum absolute atomic E-state index is 12.2. The molecule has 0 fully saturated rings. The number of ether oxygens (including phenoxy) is 1. The summed E-state index contributed by atoms with van der Waals surface area (Å²) in [5.74, 6) is 0.466. The van der Waals surface area contributed by atoms with Gasteiger partial charge in [0.2, 0.25) is 11.8 Å². The van der Waals surface area contributed by atoms with Gasteiger partial charge in [0.05, 0.1) is 19.6 Å². The lowest BCUT2D eigenvalue weighted by Crippen LogP contribution is -2.32. The molecule has 0 radical (unpaired) electrons. The van der Waals surface area contributed by atoms with Gasteiger partial charge in [-0.25, -0.2) is 0 Å². The van der Waals surface area contributed by atoms with E-state index < -0.39 is 0 Å². The zero-order valence-corrected chi connectivity index (χ0v) is 14.0. The van der Waals surface area contributed by atoms with Crippen molar-refractivity contribution in [1.29, 1.82) is 0 Å². The van der Waals surface area contributed by atoms with Gasteiger partial charge in [0.1, 0.15) is 5.75 Å². The summed E-state index contributed by atoms with van der Waals surface area (Å²) in [6, 6.07) is 11.1. The summed E-state index contributed by atoms with van der Waals surface area (Å²) < 4.78 is 5.26. The van der Waals surface area contributed by atoms with Gasteiger partial charge in [-0.1, -0.05) is 24.3 Å². The first-order valence-electron chi connectivity index (χ1n) is 7.29. The van der Waals surface area contributed by atoms with Crippen LogP contribution in [0.4, 0.5) is 0 Å². The molecule has 2 rings (SSSR count). The zero-order valence-electron chi connectivity index (χ0n) is 13.2. The topological polar surface area (TPSA) is 67.4 Å². The number of methoxy groups -OCH3 is 1. The normalized spacial score (nSPS) is 11.6. The molecule has 1 atom stereocenters. The Bertz CT molecular complexity index is 656. The molecule has 0 bridgehead atoms. The molecule has 1 heterocycles. The molecule has 122 valence electrons. The highest BCUT2D eigenvalue weighted by Gasteiger charge is 2.18. The second-order valence-corrected chi connectivity index (χ2v) is 6.04. The molecule has 2 amide bonds. The van der Waals surface area contributed by atoms with Crippen LogP contribution in [0.5, 0.6) is 5.75 Å². The second kappa shape index (κ2) is 8.33. The Morgan fingerprint density at radius 2 is 2.00 bits per heavy atom. The number of hydrogen-bond donors (Lipinski definition) is 2. The number of benzene rings is 1. The minimum absolute atomic E-state index is 0.122. The Labute approximate surface area is 139 Å². The van der Waals surface area contributed by atoms with E-state index in [1.165, 1.54) is 18.3 Å². The van der Waals surface area contributed by atoms with E-state index >= 15 is 0 Å². The number of carbonyl (C=O) groups excluding carboxylic acids is 2. The third-order valence-electron chi connectivity index (χ3n) is 3.32. The Hall–Kier alpha value is -2.34. The highest BCUT2D eigenvalue weighted by molar-refractivity contribution is 7.10. The highest BCUT2D eigenvalue weighted by Crippen LogP contribution is 2.22. The molecule has 2 N–H and O–H groups in total. The Kier molecular flexibility index (Phi) is 6.17. The molecule has 0 aliphatic carbocycles. The summed E-state index contributed by atoms with van der Waals surface area (Å²) >= 11 is 1.52. The van der Waals surface area contributed by atoms with Crippen molar-refractivity contribution in [3.05, 3.63) is 52.2 Å². The fraction of sp³-hybridized carbons (Fsp3) is 0.294. The van der Waals surface area contributed by atoms with Crippen LogP contribution >= 0.6 is 11.3 Å². The van der Waals surface area contributed by atoms with Crippen molar-refractivity contribution >= 4 is 23.2 Å². The van der Waals surface area contributed by atoms with Gasteiger partial charge >= 0.3 is 0 Å². The fourth-order valence-corrected chi connectivity index (χ4v) is 3.04. The summed E-state index contributed by atoms with van der Waals surface area (Å²) in [6.07, 6.45) is 0.204. The summed E-state index contributed by atoms with van der Waals surface area (Å²) in [7, 11) is 1.60. The van der Waals surface area contributed by atoms with Crippen LogP contribution in [0.25, 0.3) is 0 Å². The molecule has 1 aromatic heterocycles. The van der Waals surface area contributed by atoms with Crippen LogP contribution in [-0.2, 0) is 16.1 Å². The quantitative estimate of drug-likeness (QED) is 0.819. The van der Waals surface area contributed by atoms with E-state index in [0.29, 0.717) is 6.54 Å². The maximum atomic E-state index is 12.2. The van der Waals surface area contributed by atoms with E-state index in [9.17, 15) is 9.59 Å². The third-order valence-corrected chi connectivity index (χ3v) is 4.31. The molecule has 0 saturated heterocycles. The third kappa shape index (κ3) is 5.10. The largest absolute Gasteiger partial charge is 0.496 e. The lowest BCUT2D eigenvalue weighted by Gasteiger charge is -2.16. The minimum atomic E-state index is -0.301. The van der Waals surface area contributed by atoms with Crippen LogP contribution in [-0.4, -0.2) is 18.9 Å². The molecule has 6 heteroatoms. The number of para-hydroxylation sites is 1. The van der Waals surface area contributed by atoms with Crippen LogP contribution < -0.4 is 15.4 Å². The number of rotatable bonds is 7. The number of hydrogen-bond acceptors (Lipinski definition) is 4. The molecule has 23 heavy (non-hydrogen) atoms. The van der Waals surface area contributed by atoms with Crippen molar-refractivity contribution in [2.45, 2.75) is 25.9 Å². The predicted molar refractivity (Wildman–Crippen MR) is 90.3 cm³/mol. The average Bonchev–Trinajstić information content (AvgIpc) is 3.06. The molecular formula is C17H20N2O3S. The second-order valence-electron chi connectivity index (χ2n) is 5.06. The van der Waals surface area contributed by atoms with E-state index in [-0.39, 0.29) is 24.3 Å². The highest BCUT2D eigenvalue weighted by atomic mass is 32.1. The Balaban J connectivity index is 1.95. The first kappa shape index (κ1) is 17.0. The first-order valence-corrected chi connectivity index (χ1v) is 8.17. The minimum Gasteiger partial charge on any atom is -0.496 e. The molecule has 0 saturated carbocycles. The number of thiophene rings is 1. The number of carbonyl (C=O) groups is 2. The summed E-state index contributed by atoms with van der Waals surface area (Å²) in [4.78, 5) is 24.5. The molecular weight excluding hydrogens is 312 g/mol. The smallest absolute Gasteiger partial charge is 0.222 e. The molecule has 0 aliphatic heterocycles. The van der Waals surface area contributed by atoms with Gasteiger partial charge in [-0.05, 0) is 17.5 Å². The Morgan fingerprint density at radius 1 is 1.22 bits per heavy atom. The molecule has 0 aliphatic rings. The van der Waals surface area contributed by atoms with Gasteiger partial charge in [-0.15, -0.1) is 11.3 Å². The molecule has 5 nitrogen and oxygen atoms in total. The van der Waals surface area contributed by atoms with Gasteiger partial charge in [-0.2, -0.15) is 0 Å². The average molecular weight is 332 g/mol. The van der Waals surface area contributed by atoms with E-state index in [0.717, 1.165) is 16.2 Å². The van der Waals surface area contributed by atoms with E-state index in [1.54, 1.807) is 7.11 Å². The lowest BCUT2D eigenvalue weighted by molar-refractivity contribution is -0.122. The zero-order chi connectivity index (χ0) is 16.7. The van der Waals surface area contributed by atoms with Crippen LogP contribution in [0.2, 0.25) is 0 Å². The lowest BCUT2D eigenvalue weighted by atomic mass is 10.1. The summed E-state index contributed by atoms with van der Waals surface area (Å²) in [5, 5.41) is 7.62. The fourth-order valence-electron chi connectivity index (χ4n) is 2.26. The molecule has 0 unspecified atom stereocenters. The van der Waals surface area contributed by atoms with Gasteiger partial charge in [0.15, 0.2) is 0 Å². The van der Waals surface area contributed by atoms with E-state index in [2.05, 4.69) is 10.6 Å². The van der Waals surface area contributed by atoms with Crippen molar-refractivity contribution in [2.75, 3.05) is 7.11 Å².